The quantitative estimate of drug-likeness (QED) is 0.748. The van der Waals surface area contributed by atoms with Crippen LogP contribution in [0.5, 0.6) is 5.75 Å². The number of rotatable bonds is 2. The summed E-state index contributed by atoms with van der Waals surface area (Å²) in [7, 11) is 0. The molecule has 1 fully saturated rings. The summed E-state index contributed by atoms with van der Waals surface area (Å²) in [5.41, 5.74) is 0.577. The van der Waals surface area contributed by atoms with Gasteiger partial charge in [-0.3, -0.25) is 0 Å². The van der Waals surface area contributed by atoms with Crippen molar-refractivity contribution < 1.29 is 9.50 Å². The molecule has 1 N–H and O–H groups in total. The Morgan fingerprint density at radius 1 is 1.33 bits per heavy atom. The molecular formula is C15H18FNO. The van der Waals surface area contributed by atoms with E-state index in [2.05, 4.69) is 11.8 Å². The van der Waals surface area contributed by atoms with Crippen molar-refractivity contribution in [3.8, 4) is 5.75 Å². The van der Waals surface area contributed by atoms with Crippen LogP contribution in [-0.4, -0.2) is 5.11 Å². The summed E-state index contributed by atoms with van der Waals surface area (Å²) < 4.78 is 13.6. The Kier molecular flexibility index (Phi) is 3.86. The Morgan fingerprint density at radius 2 is 2.00 bits per heavy atom. The van der Waals surface area contributed by atoms with E-state index in [4.69, 9.17) is 6.57 Å². The van der Waals surface area contributed by atoms with Gasteiger partial charge in [-0.25, -0.2) is 9.24 Å². The lowest BCUT2D eigenvalue weighted by atomic mass is 9.78. The van der Waals surface area contributed by atoms with E-state index in [0.717, 1.165) is 24.3 Å². The number of aromatic hydroxyl groups is 1. The van der Waals surface area contributed by atoms with Gasteiger partial charge in [0.25, 0.3) is 5.69 Å². The van der Waals surface area contributed by atoms with Gasteiger partial charge in [-0.15, -0.1) is 0 Å². The van der Waals surface area contributed by atoms with Crippen molar-refractivity contribution in [1.29, 1.82) is 0 Å². The van der Waals surface area contributed by atoms with E-state index >= 15 is 0 Å². The van der Waals surface area contributed by atoms with E-state index in [1.54, 1.807) is 6.07 Å². The number of halogens is 1. The highest BCUT2D eigenvalue weighted by Crippen LogP contribution is 2.40. The van der Waals surface area contributed by atoms with E-state index in [9.17, 15) is 9.50 Å². The molecule has 0 spiro atoms. The van der Waals surface area contributed by atoms with Crippen molar-refractivity contribution in [1.82, 2.24) is 0 Å². The van der Waals surface area contributed by atoms with Crippen molar-refractivity contribution >= 4 is 5.69 Å². The summed E-state index contributed by atoms with van der Waals surface area (Å²) in [5, 5.41) is 9.65. The highest BCUT2D eigenvalue weighted by Gasteiger charge is 2.23. The maximum atomic E-state index is 13.6. The number of benzene rings is 1. The topological polar surface area (TPSA) is 24.6 Å². The minimum atomic E-state index is -0.599. The van der Waals surface area contributed by atoms with Gasteiger partial charge in [-0.1, -0.05) is 13.3 Å². The summed E-state index contributed by atoms with van der Waals surface area (Å²) in [5.74, 6) is 0.297. The van der Waals surface area contributed by atoms with E-state index in [-0.39, 0.29) is 11.4 Å². The first-order valence-corrected chi connectivity index (χ1v) is 6.55. The fourth-order valence-corrected chi connectivity index (χ4v) is 2.86. The Bertz CT molecular complexity index is 447. The van der Waals surface area contributed by atoms with Gasteiger partial charge in [0.05, 0.1) is 6.57 Å². The number of phenolic OH excluding ortho intramolecular Hbond substituents is 1. The maximum Gasteiger partial charge on any atom is 0.262 e. The van der Waals surface area contributed by atoms with Crippen LogP contribution in [0, 0.1) is 18.3 Å². The van der Waals surface area contributed by atoms with Crippen LogP contribution in [0.3, 0.4) is 0 Å². The summed E-state index contributed by atoms with van der Waals surface area (Å²) in [6.45, 7) is 9.03. The highest BCUT2D eigenvalue weighted by molar-refractivity contribution is 5.59. The number of hydrogen-bond acceptors (Lipinski definition) is 1. The Balaban J connectivity index is 2.18. The van der Waals surface area contributed by atoms with Crippen molar-refractivity contribution in [2.24, 2.45) is 5.92 Å². The van der Waals surface area contributed by atoms with Gasteiger partial charge in [0.2, 0.25) is 0 Å². The largest absolute Gasteiger partial charge is 0.519 e. The predicted octanol–water partition coefficient (Wildman–Crippen LogP) is 4.77. The van der Waals surface area contributed by atoms with Crippen LogP contribution in [0.15, 0.2) is 12.1 Å². The molecule has 2 rings (SSSR count). The average molecular weight is 247 g/mol. The second-order valence-corrected chi connectivity index (χ2v) is 5.11. The molecular weight excluding hydrogens is 229 g/mol. The first-order valence-electron chi connectivity index (χ1n) is 6.55. The Morgan fingerprint density at radius 3 is 2.50 bits per heavy atom. The summed E-state index contributed by atoms with van der Waals surface area (Å²) >= 11 is 0. The molecule has 0 saturated heterocycles. The molecule has 3 heteroatoms. The fourth-order valence-electron chi connectivity index (χ4n) is 2.86. The van der Waals surface area contributed by atoms with Crippen LogP contribution in [0.25, 0.3) is 4.85 Å². The average Bonchev–Trinajstić information content (AvgIpc) is 2.38. The molecule has 96 valence electrons. The van der Waals surface area contributed by atoms with Gasteiger partial charge in [-0.2, -0.15) is 0 Å². The first-order chi connectivity index (χ1) is 8.65. The third-order valence-electron chi connectivity index (χ3n) is 4.07. The van der Waals surface area contributed by atoms with Crippen LogP contribution in [0.2, 0.25) is 0 Å². The molecule has 2 nitrogen and oxygen atoms in total. The van der Waals surface area contributed by atoms with E-state index < -0.39 is 5.82 Å². The molecule has 1 aliphatic carbocycles. The van der Waals surface area contributed by atoms with Gasteiger partial charge in [-0.05, 0) is 55.2 Å². The first kappa shape index (κ1) is 12.9. The van der Waals surface area contributed by atoms with Crippen LogP contribution in [-0.2, 0) is 0 Å². The summed E-state index contributed by atoms with van der Waals surface area (Å²) in [6, 6.07) is 2.98. The molecule has 0 bridgehead atoms. The molecule has 1 saturated carbocycles. The molecule has 0 atom stereocenters. The second-order valence-electron chi connectivity index (χ2n) is 5.11. The molecule has 0 radical (unpaired) electrons. The lowest BCUT2D eigenvalue weighted by Crippen LogP contribution is -2.12. The monoisotopic (exact) mass is 247 g/mol. The zero-order valence-corrected chi connectivity index (χ0v) is 10.6. The van der Waals surface area contributed by atoms with Crippen LogP contribution >= 0.6 is 0 Å². The highest BCUT2D eigenvalue weighted by atomic mass is 19.1. The lowest BCUT2D eigenvalue weighted by molar-refractivity contribution is 0.318. The zero-order valence-electron chi connectivity index (χ0n) is 10.6. The smallest absolute Gasteiger partial charge is 0.262 e. The van der Waals surface area contributed by atoms with Crippen LogP contribution < -0.4 is 0 Å². The standard InChI is InChI=1S/C15H18FNO/c1-3-10-4-6-11(7-5-10)12-8-13(16)15(17-2)14(18)9-12/h8-11,18H,3-7H2,1H3. The maximum absolute atomic E-state index is 13.6. The predicted molar refractivity (Wildman–Crippen MR) is 69.3 cm³/mol. The molecule has 1 aliphatic rings. The molecule has 1 aromatic carbocycles. The van der Waals surface area contributed by atoms with Crippen LogP contribution in [0.1, 0.15) is 50.5 Å². The van der Waals surface area contributed by atoms with Gasteiger partial charge < -0.3 is 5.11 Å². The van der Waals surface area contributed by atoms with E-state index in [1.807, 2.05) is 0 Å². The third kappa shape index (κ3) is 2.48. The van der Waals surface area contributed by atoms with Gasteiger partial charge in [0.15, 0.2) is 0 Å². The van der Waals surface area contributed by atoms with Crippen molar-refractivity contribution in [2.45, 2.75) is 44.9 Å². The van der Waals surface area contributed by atoms with E-state index in [1.165, 1.54) is 25.3 Å². The molecule has 1 aromatic rings. The van der Waals surface area contributed by atoms with Crippen LogP contribution in [0.4, 0.5) is 10.1 Å². The summed E-state index contributed by atoms with van der Waals surface area (Å²) in [6.07, 6.45) is 5.66. The fraction of sp³-hybridized carbons (Fsp3) is 0.533. The van der Waals surface area contributed by atoms with E-state index in [0.29, 0.717) is 5.92 Å². The van der Waals surface area contributed by atoms with Gasteiger partial charge in [0.1, 0.15) is 11.6 Å². The van der Waals surface area contributed by atoms with Crippen molar-refractivity contribution in [3.63, 3.8) is 0 Å². The minimum Gasteiger partial charge on any atom is -0.519 e. The SMILES string of the molecule is [C-]#[N+]c1c(O)cc(C2CCC(CC)CC2)cc1F. The Labute approximate surface area is 107 Å². The third-order valence-corrected chi connectivity index (χ3v) is 4.07. The van der Waals surface area contributed by atoms with Crippen molar-refractivity contribution in [3.05, 3.63) is 34.9 Å². The molecule has 0 amide bonds. The van der Waals surface area contributed by atoms with Gasteiger partial charge >= 0.3 is 0 Å². The summed E-state index contributed by atoms with van der Waals surface area (Å²) in [4.78, 5) is 3.01. The van der Waals surface area contributed by atoms with Gasteiger partial charge in [0, 0.05) is 0 Å². The molecule has 0 aromatic heterocycles. The lowest BCUT2D eigenvalue weighted by Gasteiger charge is -2.28. The Hall–Kier alpha value is -1.56. The zero-order chi connectivity index (χ0) is 13.1. The molecule has 0 heterocycles. The second kappa shape index (κ2) is 5.39. The number of nitrogens with zero attached hydrogens (tertiary/aromatic N) is 1. The molecule has 0 unspecified atom stereocenters. The number of phenols is 1. The van der Waals surface area contributed by atoms with Crippen molar-refractivity contribution in [2.75, 3.05) is 0 Å². The minimum absolute atomic E-state index is 0.224. The number of hydrogen-bond donors (Lipinski definition) is 1. The molecule has 0 aliphatic heterocycles. The normalized spacial score (nSPS) is 23.6. The molecule has 18 heavy (non-hydrogen) atoms.